The zero-order chi connectivity index (χ0) is 7.40. The van der Waals surface area contributed by atoms with Crippen LogP contribution in [-0.2, 0) is 9.53 Å². The second-order valence-electron chi connectivity index (χ2n) is 2.19. The van der Waals surface area contributed by atoms with E-state index in [1.807, 2.05) is 12.2 Å². The monoisotopic (exact) mass is 141 g/mol. The van der Waals surface area contributed by atoms with Crippen LogP contribution in [0.3, 0.4) is 0 Å². The molecule has 0 aromatic rings. The van der Waals surface area contributed by atoms with E-state index in [1.54, 1.807) is 12.0 Å². The van der Waals surface area contributed by atoms with Gasteiger partial charge in [0.2, 0.25) is 6.41 Å². The lowest BCUT2D eigenvalue weighted by Crippen LogP contribution is -2.36. The van der Waals surface area contributed by atoms with E-state index in [9.17, 15) is 4.79 Å². The van der Waals surface area contributed by atoms with Crippen LogP contribution >= 0.6 is 0 Å². The molecule has 0 radical (unpaired) electrons. The highest BCUT2D eigenvalue weighted by Gasteiger charge is 2.14. The lowest BCUT2D eigenvalue weighted by molar-refractivity contribution is -0.127. The summed E-state index contributed by atoms with van der Waals surface area (Å²) in [6.07, 6.45) is 5.51. The number of carbonyl (C=O) groups is 1. The van der Waals surface area contributed by atoms with Gasteiger partial charge in [-0.1, -0.05) is 6.08 Å². The van der Waals surface area contributed by atoms with Gasteiger partial charge in [-0.05, 0) is 12.5 Å². The maximum atomic E-state index is 10.3. The van der Waals surface area contributed by atoms with Gasteiger partial charge in [0, 0.05) is 13.7 Å². The average molecular weight is 141 g/mol. The molecule has 1 unspecified atom stereocenters. The van der Waals surface area contributed by atoms with Crippen molar-refractivity contribution in [2.24, 2.45) is 0 Å². The Morgan fingerprint density at radius 1 is 1.80 bits per heavy atom. The molecule has 56 valence electrons. The lowest BCUT2D eigenvalue weighted by Gasteiger charge is -2.26. The molecule has 0 aliphatic carbocycles. The fourth-order valence-corrected chi connectivity index (χ4v) is 1.00. The molecule has 3 nitrogen and oxygen atoms in total. The predicted octanol–water partition coefficient (Wildman–Crippen LogP) is 0.377. The molecular formula is C7H11NO2. The first-order chi connectivity index (χ1) is 4.88. The van der Waals surface area contributed by atoms with Crippen molar-refractivity contribution < 1.29 is 9.53 Å². The predicted molar refractivity (Wildman–Crippen MR) is 37.3 cm³/mol. The molecule has 10 heavy (non-hydrogen) atoms. The van der Waals surface area contributed by atoms with Crippen LogP contribution in [0.15, 0.2) is 12.2 Å². The third kappa shape index (κ3) is 1.36. The maximum Gasteiger partial charge on any atom is 0.211 e. The van der Waals surface area contributed by atoms with Gasteiger partial charge >= 0.3 is 0 Å². The number of methoxy groups -OCH3 is 1. The minimum atomic E-state index is -0.147. The van der Waals surface area contributed by atoms with Crippen molar-refractivity contribution in [3.05, 3.63) is 12.2 Å². The fraction of sp³-hybridized carbons (Fsp3) is 0.571. The first kappa shape index (κ1) is 7.28. The van der Waals surface area contributed by atoms with Crippen LogP contribution in [0, 0.1) is 0 Å². The molecule has 1 aliphatic rings. The minimum absolute atomic E-state index is 0.147. The number of carbonyl (C=O) groups excluding carboxylic acids is 1. The summed E-state index contributed by atoms with van der Waals surface area (Å²) in [5.41, 5.74) is 0. The highest BCUT2D eigenvalue weighted by Crippen LogP contribution is 2.07. The maximum absolute atomic E-state index is 10.3. The Bertz CT molecular complexity index is 145. The minimum Gasteiger partial charge on any atom is -0.358 e. The van der Waals surface area contributed by atoms with Gasteiger partial charge in [0.1, 0.15) is 0 Å². The summed E-state index contributed by atoms with van der Waals surface area (Å²) in [6, 6.07) is 0. The summed E-state index contributed by atoms with van der Waals surface area (Å²) >= 11 is 0. The standard InChI is InChI=1S/C7H11NO2/c1-10-7-4-2-3-5-8(7)6-9/h2,4,6-7H,3,5H2,1H3. The van der Waals surface area contributed by atoms with Crippen molar-refractivity contribution in [1.82, 2.24) is 4.90 Å². The van der Waals surface area contributed by atoms with E-state index in [1.165, 1.54) is 0 Å². The molecule has 1 atom stereocenters. The van der Waals surface area contributed by atoms with E-state index < -0.39 is 0 Å². The molecule has 0 aromatic heterocycles. The Morgan fingerprint density at radius 3 is 3.10 bits per heavy atom. The van der Waals surface area contributed by atoms with E-state index in [-0.39, 0.29) is 6.23 Å². The number of hydrogen-bond acceptors (Lipinski definition) is 2. The van der Waals surface area contributed by atoms with E-state index in [2.05, 4.69) is 0 Å². The Morgan fingerprint density at radius 2 is 2.60 bits per heavy atom. The highest BCUT2D eigenvalue weighted by atomic mass is 16.5. The zero-order valence-electron chi connectivity index (χ0n) is 5.99. The van der Waals surface area contributed by atoms with Crippen LogP contribution in [0.4, 0.5) is 0 Å². The van der Waals surface area contributed by atoms with Gasteiger partial charge in [-0.25, -0.2) is 0 Å². The van der Waals surface area contributed by atoms with Gasteiger partial charge in [-0.2, -0.15) is 0 Å². The van der Waals surface area contributed by atoms with Gasteiger partial charge < -0.3 is 9.64 Å². The van der Waals surface area contributed by atoms with E-state index >= 15 is 0 Å². The van der Waals surface area contributed by atoms with E-state index in [0.717, 1.165) is 19.4 Å². The normalized spacial score (nSPS) is 24.9. The SMILES string of the molecule is COC1C=CCCN1C=O. The first-order valence-electron chi connectivity index (χ1n) is 3.29. The number of rotatable bonds is 2. The van der Waals surface area contributed by atoms with Crippen molar-refractivity contribution in [3.8, 4) is 0 Å². The van der Waals surface area contributed by atoms with E-state index in [4.69, 9.17) is 4.74 Å². The number of ether oxygens (including phenoxy) is 1. The van der Waals surface area contributed by atoms with Gasteiger partial charge in [0.25, 0.3) is 0 Å². The zero-order valence-corrected chi connectivity index (χ0v) is 5.99. The topological polar surface area (TPSA) is 29.5 Å². The van der Waals surface area contributed by atoms with Crippen molar-refractivity contribution in [1.29, 1.82) is 0 Å². The molecule has 0 spiro atoms. The van der Waals surface area contributed by atoms with Crippen molar-refractivity contribution >= 4 is 6.41 Å². The van der Waals surface area contributed by atoms with Crippen molar-refractivity contribution in [3.63, 3.8) is 0 Å². The molecule has 0 aromatic carbocycles. The van der Waals surface area contributed by atoms with Crippen LogP contribution in [-0.4, -0.2) is 31.2 Å². The third-order valence-corrected chi connectivity index (χ3v) is 1.56. The lowest BCUT2D eigenvalue weighted by atomic mass is 10.2. The van der Waals surface area contributed by atoms with Crippen LogP contribution in [0.25, 0.3) is 0 Å². The van der Waals surface area contributed by atoms with Crippen LogP contribution < -0.4 is 0 Å². The highest BCUT2D eigenvalue weighted by molar-refractivity contribution is 5.48. The summed E-state index contributed by atoms with van der Waals surface area (Å²) in [5.74, 6) is 0. The third-order valence-electron chi connectivity index (χ3n) is 1.56. The largest absolute Gasteiger partial charge is 0.358 e. The molecule has 0 bridgehead atoms. The van der Waals surface area contributed by atoms with Gasteiger partial charge in [0.05, 0.1) is 0 Å². The molecule has 0 saturated carbocycles. The number of hydrogen-bond donors (Lipinski definition) is 0. The molecule has 3 heteroatoms. The molecule has 0 fully saturated rings. The average Bonchev–Trinajstić information content (AvgIpc) is 2.04. The quantitative estimate of drug-likeness (QED) is 0.411. The van der Waals surface area contributed by atoms with Crippen molar-refractivity contribution in [2.45, 2.75) is 12.6 Å². The Balaban J connectivity index is 2.55. The summed E-state index contributed by atoms with van der Waals surface area (Å²) in [7, 11) is 1.59. The van der Waals surface area contributed by atoms with Gasteiger partial charge in [-0.3, -0.25) is 4.79 Å². The molecule has 1 heterocycles. The molecule has 1 aliphatic heterocycles. The van der Waals surface area contributed by atoms with Crippen molar-refractivity contribution in [2.75, 3.05) is 13.7 Å². The first-order valence-corrected chi connectivity index (χ1v) is 3.29. The van der Waals surface area contributed by atoms with Crippen LogP contribution in [0.1, 0.15) is 6.42 Å². The summed E-state index contributed by atoms with van der Waals surface area (Å²) < 4.78 is 5.00. The second-order valence-corrected chi connectivity index (χ2v) is 2.19. The molecule has 1 rings (SSSR count). The Hall–Kier alpha value is -0.830. The number of nitrogens with zero attached hydrogens (tertiary/aromatic N) is 1. The summed E-state index contributed by atoms with van der Waals surface area (Å²) in [5, 5.41) is 0. The van der Waals surface area contributed by atoms with E-state index in [0.29, 0.717) is 0 Å². The van der Waals surface area contributed by atoms with Crippen LogP contribution in [0.2, 0.25) is 0 Å². The Labute approximate surface area is 60.3 Å². The Kier molecular flexibility index (Phi) is 2.45. The van der Waals surface area contributed by atoms with Gasteiger partial charge in [-0.15, -0.1) is 0 Å². The van der Waals surface area contributed by atoms with Crippen LogP contribution in [0.5, 0.6) is 0 Å². The summed E-state index contributed by atoms with van der Waals surface area (Å²) in [6.45, 7) is 0.762. The second kappa shape index (κ2) is 3.37. The molecule has 0 saturated heterocycles. The summed E-state index contributed by atoms with van der Waals surface area (Å²) in [4.78, 5) is 12.0. The molecule has 1 amide bonds. The smallest absolute Gasteiger partial charge is 0.211 e. The molecular weight excluding hydrogens is 130 g/mol. The van der Waals surface area contributed by atoms with Gasteiger partial charge in [0.15, 0.2) is 6.23 Å². The fourth-order valence-electron chi connectivity index (χ4n) is 1.00. The number of amides is 1. The molecule has 0 N–H and O–H groups in total.